The van der Waals surface area contributed by atoms with Gasteiger partial charge >= 0.3 is 0 Å². The number of rotatable bonds is 2. The average molecular weight is 288 g/mol. The molecular formula is C13H12N4O2S. The Hall–Kier alpha value is -2.41. The number of anilines is 1. The Balaban J connectivity index is 2.26. The molecule has 6 nitrogen and oxygen atoms in total. The van der Waals surface area contributed by atoms with Gasteiger partial charge < -0.3 is 15.8 Å². The molecule has 0 amide bonds. The van der Waals surface area contributed by atoms with Crippen LogP contribution in [0.1, 0.15) is 0 Å². The molecule has 4 N–H and O–H groups in total. The van der Waals surface area contributed by atoms with Crippen LogP contribution in [-0.4, -0.2) is 30.5 Å². The number of aromatic hydroxyl groups is 1. The lowest BCUT2D eigenvalue weighted by Gasteiger charge is -2.01. The number of aromatic nitrogens is 3. The standard InChI is InChI=1S/C13H12N4O2S/c1-20(19)7-2-3-8-10(6-7)16-12(18)11(8)9-4-5-15-13(14)17-9/h2-6,16,18H,1H3,(H2,14,15,17). The summed E-state index contributed by atoms with van der Waals surface area (Å²) in [4.78, 5) is 11.5. The molecule has 102 valence electrons. The fourth-order valence-electron chi connectivity index (χ4n) is 2.11. The van der Waals surface area contributed by atoms with Crippen LogP contribution in [0.3, 0.4) is 0 Å². The number of fused-ring (bicyclic) bond motifs is 1. The van der Waals surface area contributed by atoms with Crippen molar-refractivity contribution in [3.05, 3.63) is 30.5 Å². The first-order valence-corrected chi connectivity index (χ1v) is 7.39. The summed E-state index contributed by atoms with van der Waals surface area (Å²) in [6.45, 7) is 0. The summed E-state index contributed by atoms with van der Waals surface area (Å²) in [5.41, 5.74) is 7.36. The van der Waals surface area contributed by atoms with Crippen molar-refractivity contribution in [2.75, 3.05) is 12.0 Å². The van der Waals surface area contributed by atoms with Crippen LogP contribution >= 0.6 is 0 Å². The van der Waals surface area contributed by atoms with Gasteiger partial charge in [0.25, 0.3) is 0 Å². The maximum Gasteiger partial charge on any atom is 0.220 e. The second-order valence-corrected chi connectivity index (χ2v) is 5.69. The van der Waals surface area contributed by atoms with Gasteiger partial charge in [0.15, 0.2) is 5.88 Å². The van der Waals surface area contributed by atoms with Gasteiger partial charge in [-0.2, -0.15) is 0 Å². The number of aromatic amines is 1. The molecular weight excluding hydrogens is 276 g/mol. The van der Waals surface area contributed by atoms with E-state index in [0.29, 0.717) is 21.7 Å². The molecule has 2 aromatic heterocycles. The van der Waals surface area contributed by atoms with Crippen molar-refractivity contribution in [1.29, 1.82) is 0 Å². The van der Waals surface area contributed by atoms with E-state index in [-0.39, 0.29) is 11.8 Å². The molecule has 0 radical (unpaired) electrons. The van der Waals surface area contributed by atoms with E-state index in [4.69, 9.17) is 5.73 Å². The van der Waals surface area contributed by atoms with E-state index in [2.05, 4.69) is 15.0 Å². The predicted molar refractivity (Wildman–Crippen MR) is 77.7 cm³/mol. The highest BCUT2D eigenvalue weighted by Crippen LogP contribution is 2.36. The van der Waals surface area contributed by atoms with E-state index < -0.39 is 10.8 Å². The van der Waals surface area contributed by atoms with Crippen LogP contribution < -0.4 is 5.73 Å². The van der Waals surface area contributed by atoms with Gasteiger partial charge in [-0.3, -0.25) is 4.21 Å². The van der Waals surface area contributed by atoms with E-state index in [1.54, 1.807) is 30.5 Å². The first-order valence-electron chi connectivity index (χ1n) is 5.83. The molecule has 0 saturated heterocycles. The minimum atomic E-state index is -1.08. The third-order valence-electron chi connectivity index (χ3n) is 3.01. The SMILES string of the molecule is CS(=O)c1ccc2c(-c3ccnc(N)n3)c(O)[nH]c2c1. The van der Waals surface area contributed by atoms with Gasteiger partial charge in [-0.15, -0.1) is 0 Å². The molecule has 2 heterocycles. The monoisotopic (exact) mass is 288 g/mol. The lowest BCUT2D eigenvalue weighted by Crippen LogP contribution is -1.94. The van der Waals surface area contributed by atoms with Crippen molar-refractivity contribution < 1.29 is 9.32 Å². The smallest absolute Gasteiger partial charge is 0.220 e. The Morgan fingerprint density at radius 3 is 2.85 bits per heavy atom. The average Bonchev–Trinajstić information content (AvgIpc) is 2.73. The van der Waals surface area contributed by atoms with E-state index in [1.165, 1.54) is 6.20 Å². The Kier molecular flexibility index (Phi) is 2.90. The molecule has 7 heteroatoms. The van der Waals surface area contributed by atoms with Crippen LogP contribution in [0.2, 0.25) is 0 Å². The first kappa shape index (κ1) is 12.6. The summed E-state index contributed by atoms with van der Waals surface area (Å²) in [6, 6.07) is 6.99. The van der Waals surface area contributed by atoms with E-state index >= 15 is 0 Å². The third kappa shape index (κ3) is 2.01. The van der Waals surface area contributed by atoms with Crippen LogP contribution in [0, 0.1) is 0 Å². The van der Waals surface area contributed by atoms with E-state index in [1.807, 2.05) is 0 Å². The minimum absolute atomic E-state index is 0.00265. The van der Waals surface area contributed by atoms with Crippen molar-refractivity contribution in [2.24, 2.45) is 0 Å². The zero-order valence-electron chi connectivity index (χ0n) is 10.6. The number of hydrogen-bond donors (Lipinski definition) is 3. The van der Waals surface area contributed by atoms with Crippen LogP contribution in [0.4, 0.5) is 5.95 Å². The first-order chi connectivity index (χ1) is 9.56. The summed E-state index contributed by atoms with van der Waals surface area (Å²) in [6.07, 6.45) is 3.14. The number of nitrogens with one attached hydrogen (secondary N) is 1. The molecule has 20 heavy (non-hydrogen) atoms. The maximum absolute atomic E-state index is 11.5. The molecule has 3 aromatic rings. The summed E-state index contributed by atoms with van der Waals surface area (Å²) in [7, 11) is -1.08. The van der Waals surface area contributed by atoms with Gasteiger partial charge in [0.1, 0.15) is 0 Å². The Labute approximate surface area is 117 Å². The summed E-state index contributed by atoms with van der Waals surface area (Å²) in [5, 5.41) is 10.9. The zero-order chi connectivity index (χ0) is 14.3. The van der Waals surface area contributed by atoms with Crippen LogP contribution in [0.15, 0.2) is 35.4 Å². The fraction of sp³-hybridized carbons (Fsp3) is 0.0769. The van der Waals surface area contributed by atoms with Crippen molar-refractivity contribution >= 4 is 27.7 Å². The number of nitrogen functional groups attached to an aromatic ring is 1. The molecule has 3 rings (SSSR count). The summed E-state index contributed by atoms with van der Waals surface area (Å²) in [5.74, 6) is 0.139. The molecule has 1 atom stereocenters. The highest BCUT2D eigenvalue weighted by molar-refractivity contribution is 7.84. The summed E-state index contributed by atoms with van der Waals surface area (Å²) >= 11 is 0. The summed E-state index contributed by atoms with van der Waals surface area (Å²) < 4.78 is 11.5. The second-order valence-electron chi connectivity index (χ2n) is 4.31. The molecule has 0 spiro atoms. The molecule has 0 aliphatic heterocycles. The highest BCUT2D eigenvalue weighted by Gasteiger charge is 2.15. The number of benzene rings is 1. The van der Waals surface area contributed by atoms with Crippen LogP contribution in [-0.2, 0) is 10.8 Å². The molecule has 0 saturated carbocycles. The lowest BCUT2D eigenvalue weighted by atomic mass is 10.1. The molecule has 0 aliphatic carbocycles. The Morgan fingerprint density at radius 1 is 1.35 bits per heavy atom. The van der Waals surface area contributed by atoms with Crippen LogP contribution in [0.25, 0.3) is 22.2 Å². The van der Waals surface area contributed by atoms with Crippen molar-refractivity contribution in [2.45, 2.75) is 4.90 Å². The van der Waals surface area contributed by atoms with Crippen LogP contribution in [0.5, 0.6) is 5.88 Å². The normalized spacial score (nSPS) is 12.7. The van der Waals surface area contributed by atoms with Crippen molar-refractivity contribution in [3.63, 3.8) is 0 Å². The molecule has 0 bridgehead atoms. The Bertz CT molecular complexity index is 828. The third-order valence-corrected chi connectivity index (χ3v) is 3.93. The number of hydrogen-bond acceptors (Lipinski definition) is 5. The molecule has 1 unspecified atom stereocenters. The zero-order valence-corrected chi connectivity index (χ0v) is 11.4. The molecule has 1 aromatic carbocycles. The lowest BCUT2D eigenvalue weighted by molar-refractivity contribution is 0.460. The number of nitrogens with zero attached hydrogens (tertiary/aromatic N) is 2. The van der Waals surface area contributed by atoms with Crippen molar-refractivity contribution in [1.82, 2.24) is 15.0 Å². The molecule has 0 aliphatic rings. The van der Waals surface area contributed by atoms with Crippen molar-refractivity contribution in [3.8, 4) is 17.1 Å². The largest absolute Gasteiger partial charge is 0.494 e. The molecule has 0 fully saturated rings. The topological polar surface area (TPSA) is 105 Å². The fourth-order valence-corrected chi connectivity index (χ4v) is 2.66. The highest BCUT2D eigenvalue weighted by atomic mass is 32.2. The van der Waals surface area contributed by atoms with Gasteiger partial charge in [-0.1, -0.05) is 6.07 Å². The van der Waals surface area contributed by atoms with Gasteiger partial charge in [0.2, 0.25) is 5.95 Å². The predicted octanol–water partition coefficient (Wildman–Crippen LogP) is 1.65. The second kappa shape index (κ2) is 4.61. The van der Waals surface area contributed by atoms with Gasteiger partial charge in [-0.25, -0.2) is 9.97 Å². The Morgan fingerprint density at radius 2 is 2.15 bits per heavy atom. The maximum atomic E-state index is 11.5. The minimum Gasteiger partial charge on any atom is -0.494 e. The van der Waals surface area contributed by atoms with E-state index in [9.17, 15) is 9.32 Å². The number of nitrogens with two attached hydrogens (primary N) is 1. The number of H-pyrrole nitrogens is 1. The van der Waals surface area contributed by atoms with Gasteiger partial charge in [0.05, 0.1) is 16.8 Å². The quantitative estimate of drug-likeness (QED) is 0.665. The van der Waals surface area contributed by atoms with Gasteiger partial charge in [-0.05, 0) is 18.2 Å². The van der Waals surface area contributed by atoms with E-state index in [0.717, 1.165) is 5.39 Å². The van der Waals surface area contributed by atoms with Gasteiger partial charge in [0, 0.05) is 33.5 Å².